The molecule has 5 rings (SSSR count). The van der Waals surface area contributed by atoms with Gasteiger partial charge in [0.1, 0.15) is 12.1 Å². The van der Waals surface area contributed by atoms with Gasteiger partial charge in [0.05, 0.1) is 4.90 Å². The van der Waals surface area contributed by atoms with Gasteiger partial charge in [0.2, 0.25) is 15.9 Å². The van der Waals surface area contributed by atoms with Crippen molar-refractivity contribution >= 4 is 27.9 Å². The number of rotatable bonds is 4. The smallest absolute Gasteiger partial charge is 0.325 e. The zero-order chi connectivity index (χ0) is 23.9. The number of carbonyl (C=O) groups excluding carboxylic acids is 3. The van der Waals surface area contributed by atoms with E-state index in [2.05, 4.69) is 5.32 Å². The van der Waals surface area contributed by atoms with E-state index in [-0.39, 0.29) is 43.5 Å². The van der Waals surface area contributed by atoms with E-state index < -0.39 is 27.5 Å². The fourth-order valence-electron chi connectivity index (χ4n) is 5.11. The number of piperazine rings is 1. The molecule has 2 aromatic rings. The zero-order valence-electron chi connectivity index (χ0n) is 18.6. The van der Waals surface area contributed by atoms with Crippen LogP contribution in [0.15, 0.2) is 59.5 Å². The summed E-state index contributed by atoms with van der Waals surface area (Å²) in [5.41, 5.74) is 0.717. The molecule has 178 valence electrons. The van der Waals surface area contributed by atoms with Gasteiger partial charge in [-0.1, -0.05) is 42.5 Å². The SMILES string of the molecule is O=C(CN1C(=O)NC2(CCCc3ccccc32)C1=O)N1CCN(S(=O)(=O)c2ccccc2)CC1. The average Bonchev–Trinajstić information content (AvgIpc) is 3.09. The first-order valence-electron chi connectivity index (χ1n) is 11.4. The number of nitrogens with zero attached hydrogens (tertiary/aromatic N) is 3. The number of hydrogen-bond donors (Lipinski definition) is 1. The van der Waals surface area contributed by atoms with E-state index in [4.69, 9.17) is 0 Å². The molecule has 34 heavy (non-hydrogen) atoms. The van der Waals surface area contributed by atoms with Crippen molar-refractivity contribution in [3.8, 4) is 0 Å². The number of benzene rings is 2. The lowest BCUT2D eigenvalue weighted by Gasteiger charge is -2.35. The predicted molar refractivity (Wildman–Crippen MR) is 123 cm³/mol. The number of sulfonamides is 1. The lowest BCUT2D eigenvalue weighted by Crippen LogP contribution is -2.53. The Morgan fingerprint density at radius 1 is 0.941 bits per heavy atom. The molecule has 0 radical (unpaired) electrons. The van der Waals surface area contributed by atoms with Gasteiger partial charge in [0, 0.05) is 26.2 Å². The van der Waals surface area contributed by atoms with Crippen LogP contribution in [0, 0.1) is 0 Å². The van der Waals surface area contributed by atoms with E-state index >= 15 is 0 Å². The maximum atomic E-state index is 13.4. The second-order valence-corrected chi connectivity index (χ2v) is 10.8. The van der Waals surface area contributed by atoms with Crippen molar-refractivity contribution in [3.05, 3.63) is 65.7 Å². The van der Waals surface area contributed by atoms with Crippen molar-refractivity contribution < 1.29 is 22.8 Å². The number of nitrogens with one attached hydrogen (secondary N) is 1. The largest absolute Gasteiger partial charge is 0.338 e. The van der Waals surface area contributed by atoms with E-state index in [9.17, 15) is 22.8 Å². The molecule has 1 N–H and O–H groups in total. The van der Waals surface area contributed by atoms with E-state index in [0.717, 1.165) is 28.9 Å². The van der Waals surface area contributed by atoms with Gasteiger partial charge in [0.25, 0.3) is 5.91 Å². The van der Waals surface area contributed by atoms with Crippen LogP contribution in [0.25, 0.3) is 0 Å². The molecule has 1 aliphatic carbocycles. The first-order valence-corrected chi connectivity index (χ1v) is 12.8. The molecule has 0 saturated carbocycles. The molecule has 10 heteroatoms. The fourth-order valence-corrected chi connectivity index (χ4v) is 6.55. The molecular formula is C24H26N4O5S. The summed E-state index contributed by atoms with van der Waals surface area (Å²) < 4.78 is 27.0. The van der Waals surface area contributed by atoms with Crippen LogP contribution in [0.2, 0.25) is 0 Å². The highest BCUT2D eigenvalue weighted by Gasteiger charge is 2.54. The maximum absolute atomic E-state index is 13.4. The van der Waals surface area contributed by atoms with Gasteiger partial charge >= 0.3 is 6.03 Å². The Hall–Kier alpha value is -3.24. The minimum Gasteiger partial charge on any atom is -0.338 e. The van der Waals surface area contributed by atoms with Crippen molar-refractivity contribution in [1.29, 1.82) is 0 Å². The molecule has 4 amide bonds. The van der Waals surface area contributed by atoms with Gasteiger partial charge in [-0.15, -0.1) is 0 Å². The third kappa shape index (κ3) is 3.67. The van der Waals surface area contributed by atoms with Crippen LogP contribution in [-0.4, -0.2) is 73.1 Å². The molecule has 1 unspecified atom stereocenters. The van der Waals surface area contributed by atoms with Crippen molar-refractivity contribution in [1.82, 2.24) is 19.4 Å². The van der Waals surface area contributed by atoms with Crippen LogP contribution >= 0.6 is 0 Å². The van der Waals surface area contributed by atoms with Crippen LogP contribution in [0.1, 0.15) is 24.0 Å². The molecule has 2 fully saturated rings. The summed E-state index contributed by atoms with van der Waals surface area (Å²) in [5, 5.41) is 2.86. The second-order valence-electron chi connectivity index (χ2n) is 8.84. The normalized spacial score (nSPS) is 23.2. The van der Waals surface area contributed by atoms with Gasteiger partial charge in [-0.25, -0.2) is 13.2 Å². The van der Waals surface area contributed by atoms with E-state index in [1.54, 1.807) is 30.3 Å². The Morgan fingerprint density at radius 2 is 1.62 bits per heavy atom. The highest BCUT2D eigenvalue weighted by molar-refractivity contribution is 7.89. The number of carbonyl (C=O) groups is 3. The average molecular weight is 483 g/mol. The van der Waals surface area contributed by atoms with Crippen LogP contribution in [0.4, 0.5) is 4.79 Å². The van der Waals surface area contributed by atoms with Crippen LogP contribution in [0.3, 0.4) is 0 Å². The standard InChI is InChI=1S/C24H26N4O5S/c29-21(26-13-15-27(16-14-26)34(32,33)19-9-2-1-3-10-19)17-28-22(30)24(25-23(28)31)12-6-8-18-7-4-5-11-20(18)24/h1-5,7,9-11H,6,8,12-17H2,(H,25,31). The van der Waals surface area contributed by atoms with Gasteiger partial charge in [-0.2, -0.15) is 4.31 Å². The van der Waals surface area contributed by atoms with Gasteiger partial charge in [-0.3, -0.25) is 14.5 Å². The fraction of sp³-hybridized carbons (Fsp3) is 0.375. The van der Waals surface area contributed by atoms with Crippen LogP contribution in [0.5, 0.6) is 0 Å². The Balaban J connectivity index is 1.26. The first kappa shape index (κ1) is 22.5. The van der Waals surface area contributed by atoms with Crippen molar-refractivity contribution in [2.24, 2.45) is 0 Å². The van der Waals surface area contributed by atoms with Crippen molar-refractivity contribution in [3.63, 3.8) is 0 Å². The molecular weight excluding hydrogens is 456 g/mol. The lowest BCUT2D eigenvalue weighted by atomic mass is 9.76. The minimum absolute atomic E-state index is 0.153. The molecule has 9 nitrogen and oxygen atoms in total. The monoisotopic (exact) mass is 482 g/mol. The van der Waals surface area contributed by atoms with Crippen molar-refractivity contribution in [2.45, 2.75) is 29.7 Å². The van der Waals surface area contributed by atoms with Gasteiger partial charge in [-0.05, 0) is 42.5 Å². The van der Waals surface area contributed by atoms with Crippen LogP contribution < -0.4 is 5.32 Å². The van der Waals surface area contributed by atoms with Crippen LogP contribution in [-0.2, 0) is 31.6 Å². The topological polar surface area (TPSA) is 107 Å². The molecule has 0 bridgehead atoms. The molecule has 0 aromatic heterocycles. The summed E-state index contributed by atoms with van der Waals surface area (Å²) in [6, 6.07) is 15.2. The minimum atomic E-state index is -3.63. The predicted octanol–water partition coefficient (Wildman–Crippen LogP) is 1.30. The molecule has 2 saturated heterocycles. The molecule has 1 spiro atoms. The Kier molecular flexibility index (Phi) is 5.65. The number of hydrogen-bond acceptors (Lipinski definition) is 5. The summed E-state index contributed by atoms with van der Waals surface area (Å²) in [7, 11) is -3.63. The van der Waals surface area contributed by atoms with E-state index in [1.807, 2.05) is 24.3 Å². The summed E-state index contributed by atoms with van der Waals surface area (Å²) in [5.74, 6) is -0.773. The number of imide groups is 1. The highest BCUT2D eigenvalue weighted by Crippen LogP contribution is 2.39. The summed E-state index contributed by atoms with van der Waals surface area (Å²) >= 11 is 0. The Morgan fingerprint density at radius 3 is 2.35 bits per heavy atom. The Bertz CT molecular complexity index is 1240. The third-order valence-electron chi connectivity index (χ3n) is 6.92. The second kappa shape index (κ2) is 8.52. The lowest BCUT2D eigenvalue weighted by molar-refractivity contribution is -0.140. The zero-order valence-corrected chi connectivity index (χ0v) is 19.5. The molecule has 2 aromatic carbocycles. The van der Waals surface area contributed by atoms with Crippen molar-refractivity contribution in [2.75, 3.05) is 32.7 Å². The summed E-state index contributed by atoms with van der Waals surface area (Å²) in [6.07, 6.45) is 2.11. The summed E-state index contributed by atoms with van der Waals surface area (Å²) in [4.78, 5) is 41.9. The summed E-state index contributed by atoms with van der Waals surface area (Å²) in [6.45, 7) is 0.339. The number of aryl methyl sites for hydroxylation is 1. The quantitative estimate of drug-likeness (QED) is 0.661. The number of amides is 4. The number of urea groups is 1. The molecule has 2 aliphatic heterocycles. The first-order chi connectivity index (χ1) is 16.3. The maximum Gasteiger partial charge on any atom is 0.325 e. The molecule has 2 heterocycles. The highest BCUT2D eigenvalue weighted by atomic mass is 32.2. The van der Waals surface area contributed by atoms with Gasteiger partial charge < -0.3 is 10.2 Å². The van der Waals surface area contributed by atoms with E-state index in [1.165, 1.54) is 9.21 Å². The molecule has 1 atom stereocenters. The third-order valence-corrected chi connectivity index (χ3v) is 8.83. The Labute approximate surface area is 198 Å². The molecule has 3 aliphatic rings. The number of fused-ring (bicyclic) bond motifs is 2. The van der Waals surface area contributed by atoms with Gasteiger partial charge in [0.15, 0.2) is 0 Å². The van der Waals surface area contributed by atoms with E-state index in [0.29, 0.717) is 6.42 Å².